The Labute approximate surface area is 506 Å². The molecule has 466 valence electrons. The molecule has 0 saturated heterocycles. The quantitative estimate of drug-likeness (QED) is 0.0261. The molecular formula is C76H126O6. The highest BCUT2D eigenvalue weighted by Gasteiger charge is 2.19. The second-order valence-electron chi connectivity index (χ2n) is 22.4. The molecule has 0 aromatic carbocycles. The maximum atomic E-state index is 12.9. The summed E-state index contributed by atoms with van der Waals surface area (Å²) in [5.41, 5.74) is 0. The minimum atomic E-state index is -0.798. The fourth-order valence-electron chi connectivity index (χ4n) is 9.29. The van der Waals surface area contributed by atoms with E-state index in [1.54, 1.807) is 0 Å². The van der Waals surface area contributed by atoms with Gasteiger partial charge in [0.2, 0.25) is 0 Å². The van der Waals surface area contributed by atoms with Crippen LogP contribution in [0.25, 0.3) is 0 Å². The highest BCUT2D eigenvalue weighted by molar-refractivity contribution is 5.71. The average molecular weight is 1140 g/mol. The zero-order valence-corrected chi connectivity index (χ0v) is 53.5. The molecule has 6 nitrogen and oxygen atoms in total. The first-order chi connectivity index (χ1) is 40.5. The third-order valence-corrected chi connectivity index (χ3v) is 14.4. The molecule has 0 saturated carbocycles. The van der Waals surface area contributed by atoms with Gasteiger partial charge < -0.3 is 14.2 Å². The summed E-state index contributed by atoms with van der Waals surface area (Å²) < 4.78 is 16.9. The minimum absolute atomic E-state index is 0.0907. The van der Waals surface area contributed by atoms with Gasteiger partial charge in [-0.15, -0.1) is 0 Å². The Morgan fingerprint density at radius 2 is 0.476 bits per heavy atom. The smallest absolute Gasteiger partial charge is 0.306 e. The number of esters is 3. The van der Waals surface area contributed by atoms with Crippen LogP contribution < -0.4 is 0 Å². The number of hydrogen-bond donors (Lipinski definition) is 0. The predicted octanol–water partition coefficient (Wildman–Crippen LogP) is 23.7. The monoisotopic (exact) mass is 1130 g/mol. The molecule has 0 rings (SSSR count). The first-order valence-electron chi connectivity index (χ1n) is 34.2. The van der Waals surface area contributed by atoms with Crippen molar-refractivity contribution in [3.05, 3.63) is 134 Å². The minimum Gasteiger partial charge on any atom is -0.462 e. The van der Waals surface area contributed by atoms with Gasteiger partial charge in [0.05, 0.1) is 0 Å². The lowest BCUT2D eigenvalue weighted by Crippen LogP contribution is -2.30. The zero-order valence-electron chi connectivity index (χ0n) is 53.5. The molecule has 0 fully saturated rings. The molecule has 0 radical (unpaired) electrons. The van der Waals surface area contributed by atoms with E-state index < -0.39 is 6.10 Å². The van der Waals surface area contributed by atoms with Gasteiger partial charge in [-0.05, 0) is 122 Å². The summed E-state index contributed by atoms with van der Waals surface area (Å²) in [5, 5.41) is 0. The van der Waals surface area contributed by atoms with Crippen LogP contribution in [0.3, 0.4) is 0 Å². The summed E-state index contributed by atoms with van der Waals surface area (Å²) in [6, 6.07) is 0. The van der Waals surface area contributed by atoms with E-state index >= 15 is 0 Å². The molecule has 82 heavy (non-hydrogen) atoms. The third kappa shape index (κ3) is 66.4. The van der Waals surface area contributed by atoms with Crippen molar-refractivity contribution in [2.24, 2.45) is 0 Å². The van der Waals surface area contributed by atoms with Crippen molar-refractivity contribution in [1.29, 1.82) is 0 Å². The highest BCUT2D eigenvalue weighted by atomic mass is 16.6. The summed E-state index contributed by atoms with van der Waals surface area (Å²) in [4.78, 5) is 38.4. The van der Waals surface area contributed by atoms with Gasteiger partial charge >= 0.3 is 17.9 Å². The summed E-state index contributed by atoms with van der Waals surface area (Å²) in [6.07, 6.45) is 97.5. The van der Waals surface area contributed by atoms with Gasteiger partial charge in [-0.3, -0.25) is 14.4 Å². The van der Waals surface area contributed by atoms with Crippen LogP contribution >= 0.6 is 0 Å². The van der Waals surface area contributed by atoms with Crippen LogP contribution in [0.2, 0.25) is 0 Å². The fraction of sp³-hybridized carbons (Fsp3) is 0.671. The lowest BCUT2D eigenvalue weighted by Gasteiger charge is -2.18. The Kier molecular flexibility index (Phi) is 65.3. The van der Waals surface area contributed by atoms with Crippen LogP contribution in [0.4, 0.5) is 0 Å². The Hall–Kier alpha value is -4.45. The van der Waals surface area contributed by atoms with Crippen molar-refractivity contribution in [3.8, 4) is 0 Å². The zero-order chi connectivity index (χ0) is 59.2. The normalized spacial score (nSPS) is 13.0. The van der Waals surface area contributed by atoms with E-state index in [0.29, 0.717) is 19.3 Å². The van der Waals surface area contributed by atoms with Gasteiger partial charge in [0.25, 0.3) is 0 Å². The maximum Gasteiger partial charge on any atom is 0.306 e. The number of carbonyl (C=O) groups excluding carboxylic acids is 3. The number of hydrogen-bond acceptors (Lipinski definition) is 6. The molecule has 0 aromatic rings. The molecule has 0 spiro atoms. The van der Waals surface area contributed by atoms with Crippen LogP contribution in [0.15, 0.2) is 134 Å². The van der Waals surface area contributed by atoms with Crippen molar-refractivity contribution in [3.63, 3.8) is 0 Å². The fourth-order valence-corrected chi connectivity index (χ4v) is 9.29. The van der Waals surface area contributed by atoms with E-state index in [9.17, 15) is 14.4 Å². The molecule has 0 bridgehead atoms. The molecule has 0 N–H and O–H groups in total. The molecule has 0 amide bonds. The SMILES string of the molecule is CC/C=C\C/C=C\C/C=C\C/C=C\C/C=C\C/C=C\C/C=C\C/C=C\C/C=C\CCCCCC(=O)OCC(COC(=O)CCCCCCCCCCCCCCCC)OC(=O)CCCCCCCCCCC/C=C\C/C=C\CCCCC. The van der Waals surface area contributed by atoms with E-state index in [1.165, 1.54) is 141 Å². The Balaban J connectivity index is 4.40. The average Bonchev–Trinajstić information content (AvgIpc) is 3.47. The largest absolute Gasteiger partial charge is 0.462 e. The van der Waals surface area contributed by atoms with Crippen LogP contribution in [-0.2, 0) is 28.6 Å². The highest BCUT2D eigenvalue weighted by Crippen LogP contribution is 2.16. The van der Waals surface area contributed by atoms with Gasteiger partial charge in [-0.25, -0.2) is 0 Å². The van der Waals surface area contributed by atoms with Crippen LogP contribution in [0.1, 0.15) is 310 Å². The van der Waals surface area contributed by atoms with Crippen LogP contribution in [0.5, 0.6) is 0 Å². The van der Waals surface area contributed by atoms with E-state index in [0.717, 1.165) is 128 Å². The van der Waals surface area contributed by atoms with Gasteiger partial charge in [0, 0.05) is 19.3 Å². The summed E-state index contributed by atoms with van der Waals surface area (Å²) in [7, 11) is 0. The number of carbonyl (C=O) groups is 3. The number of unbranched alkanes of at least 4 members (excludes halogenated alkanes) is 28. The molecule has 0 aromatic heterocycles. The van der Waals surface area contributed by atoms with E-state index in [1.807, 2.05) is 0 Å². The number of allylic oxidation sites excluding steroid dienone is 22. The van der Waals surface area contributed by atoms with Gasteiger partial charge in [0.1, 0.15) is 13.2 Å². The Morgan fingerprint density at radius 3 is 0.780 bits per heavy atom. The van der Waals surface area contributed by atoms with Crippen LogP contribution in [-0.4, -0.2) is 37.2 Å². The molecule has 1 unspecified atom stereocenters. The van der Waals surface area contributed by atoms with Crippen molar-refractivity contribution in [2.45, 2.75) is 316 Å². The van der Waals surface area contributed by atoms with Gasteiger partial charge in [-0.1, -0.05) is 302 Å². The van der Waals surface area contributed by atoms with Crippen molar-refractivity contribution >= 4 is 17.9 Å². The standard InChI is InChI=1S/C76H126O6/c1-4-7-10-13-16-19-22-25-28-30-32-33-34-35-36-37-38-39-40-41-42-43-45-46-48-51-54-57-60-63-66-69-75(78)81-72-73(71-80-74(77)68-65-62-59-56-53-50-27-24-21-18-15-12-9-6-3)82-76(79)70-67-64-61-58-55-52-49-47-44-31-29-26-23-20-17-14-11-8-5-2/h7,10,16-17,19-20,25-26,28-29,32-33,35-36,38-39,41-42,45-46,51,54,73H,4-6,8-9,11-15,18,21-24,27,30-31,34,37,40,43-44,47-50,52-53,55-72H2,1-3H3/b10-7-,19-16-,20-17-,28-25-,29-26-,33-32-,36-35-,39-38-,42-41-,46-45-,54-51-. The molecule has 0 aliphatic rings. The van der Waals surface area contributed by atoms with Crippen molar-refractivity contribution < 1.29 is 28.6 Å². The van der Waals surface area contributed by atoms with E-state index in [-0.39, 0.29) is 31.1 Å². The maximum absolute atomic E-state index is 12.9. The van der Waals surface area contributed by atoms with E-state index in [2.05, 4.69) is 154 Å². The molecular weight excluding hydrogens is 1010 g/mol. The summed E-state index contributed by atoms with van der Waals surface area (Å²) >= 11 is 0. The first-order valence-corrected chi connectivity index (χ1v) is 34.2. The van der Waals surface area contributed by atoms with Crippen LogP contribution in [0, 0.1) is 0 Å². The van der Waals surface area contributed by atoms with Crippen molar-refractivity contribution in [1.82, 2.24) is 0 Å². The predicted molar refractivity (Wildman–Crippen MR) is 357 cm³/mol. The molecule has 0 heterocycles. The van der Waals surface area contributed by atoms with Gasteiger partial charge in [0.15, 0.2) is 6.10 Å². The Bertz CT molecular complexity index is 1730. The number of rotatable bonds is 61. The second kappa shape index (κ2) is 69.0. The third-order valence-electron chi connectivity index (χ3n) is 14.4. The lowest BCUT2D eigenvalue weighted by atomic mass is 10.0. The molecule has 6 heteroatoms. The molecule has 0 aliphatic carbocycles. The van der Waals surface area contributed by atoms with E-state index in [4.69, 9.17) is 14.2 Å². The topological polar surface area (TPSA) is 78.9 Å². The van der Waals surface area contributed by atoms with Crippen molar-refractivity contribution in [2.75, 3.05) is 13.2 Å². The summed E-state index contributed by atoms with van der Waals surface area (Å²) in [5.74, 6) is -0.922. The van der Waals surface area contributed by atoms with Gasteiger partial charge in [-0.2, -0.15) is 0 Å². The number of ether oxygens (including phenoxy) is 3. The molecule has 0 aliphatic heterocycles. The lowest BCUT2D eigenvalue weighted by molar-refractivity contribution is -0.167. The first kappa shape index (κ1) is 77.5. The molecule has 1 atom stereocenters. The summed E-state index contributed by atoms with van der Waals surface area (Å²) in [6.45, 7) is 6.49. The second-order valence-corrected chi connectivity index (χ2v) is 22.4. The Morgan fingerprint density at radius 1 is 0.256 bits per heavy atom.